The molecule has 2 unspecified atom stereocenters. The molecule has 0 radical (unpaired) electrons. The lowest BCUT2D eigenvalue weighted by Crippen LogP contribution is -2.18. The van der Waals surface area contributed by atoms with Gasteiger partial charge in [-0.05, 0) is 18.8 Å². The topological polar surface area (TPSA) is 38.9 Å². The van der Waals surface area contributed by atoms with E-state index in [1.807, 2.05) is 11.3 Å². The quantitative estimate of drug-likeness (QED) is 0.887. The van der Waals surface area contributed by atoms with Crippen LogP contribution in [0.15, 0.2) is 0 Å². The van der Waals surface area contributed by atoms with Gasteiger partial charge in [0.2, 0.25) is 0 Å². The van der Waals surface area contributed by atoms with Crippen molar-refractivity contribution in [2.75, 3.05) is 11.5 Å². The molecular weight excluding hydrogens is 292 g/mol. The zero-order valence-corrected chi connectivity index (χ0v) is 14.5. The highest BCUT2D eigenvalue weighted by Crippen LogP contribution is 2.45. The van der Waals surface area contributed by atoms with E-state index >= 15 is 0 Å². The molecule has 1 aromatic heterocycles. The van der Waals surface area contributed by atoms with Crippen molar-refractivity contribution in [1.82, 2.24) is 4.98 Å². The average molecular weight is 317 g/mol. The Balaban J connectivity index is 2.21. The monoisotopic (exact) mass is 316 g/mol. The summed E-state index contributed by atoms with van der Waals surface area (Å²) in [7, 11) is 0. The minimum Gasteiger partial charge on any atom is -0.326 e. The molecule has 1 aliphatic rings. The first-order valence-electron chi connectivity index (χ1n) is 7.07. The number of nitrogens with zero attached hydrogens (tertiary/aromatic N) is 1. The van der Waals surface area contributed by atoms with Gasteiger partial charge in [-0.25, -0.2) is 4.98 Å². The van der Waals surface area contributed by atoms with Gasteiger partial charge in [0.05, 0.1) is 10.9 Å². The maximum Gasteiger partial charge on any atom is 0.107 e. The zero-order valence-electron chi connectivity index (χ0n) is 12.0. The predicted octanol–water partition coefficient (Wildman–Crippen LogP) is 4.10. The van der Waals surface area contributed by atoms with Crippen LogP contribution in [0.1, 0.15) is 48.0 Å². The number of hydrogen-bond acceptors (Lipinski definition) is 5. The van der Waals surface area contributed by atoms with Gasteiger partial charge in [0.1, 0.15) is 5.01 Å². The number of thioether (sulfide) groups is 2. The molecule has 2 heterocycles. The summed E-state index contributed by atoms with van der Waals surface area (Å²) in [6, 6.07) is 0. The minimum atomic E-state index is 0.583. The van der Waals surface area contributed by atoms with Crippen LogP contribution in [0.3, 0.4) is 0 Å². The Bertz CT molecular complexity index is 403. The lowest BCUT2D eigenvalue weighted by atomic mass is 10.1. The molecule has 0 aliphatic carbocycles. The summed E-state index contributed by atoms with van der Waals surface area (Å²) in [5.41, 5.74) is 7.15. The van der Waals surface area contributed by atoms with Crippen molar-refractivity contribution in [3.05, 3.63) is 15.6 Å². The fourth-order valence-corrected chi connectivity index (χ4v) is 6.76. The van der Waals surface area contributed by atoms with Crippen LogP contribution in [0.5, 0.6) is 0 Å². The lowest BCUT2D eigenvalue weighted by molar-refractivity contribution is 0.631. The largest absolute Gasteiger partial charge is 0.326 e. The van der Waals surface area contributed by atoms with Crippen molar-refractivity contribution in [3.63, 3.8) is 0 Å². The summed E-state index contributed by atoms with van der Waals surface area (Å²) in [4.78, 5) is 6.25. The summed E-state index contributed by atoms with van der Waals surface area (Å²) in [5, 5.41) is 2.63. The fraction of sp³-hybridized carbons (Fsp3) is 0.786. The molecule has 0 bridgehead atoms. The van der Waals surface area contributed by atoms with Crippen LogP contribution in [0, 0.1) is 5.92 Å². The van der Waals surface area contributed by atoms with E-state index in [1.54, 1.807) is 0 Å². The van der Waals surface area contributed by atoms with Crippen LogP contribution in [-0.2, 0) is 13.0 Å². The number of nitrogens with two attached hydrogens (primary N) is 1. The first-order valence-corrected chi connectivity index (χ1v) is 9.98. The number of aromatic nitrogens is 1. The van der Waals surface area contributed by atoms with E-state index in [2.05, 4.69) is 44.3 Å². The SMILES string of the molecule is CCC1SCCSC1c1nc(CC(C)C)c(CN)s1. The van der Waals surface area contributed by atoms with Gasteiger partial charge < -0.3 is 5.73 Å². The minimum absolute atomic E-state index is 0.583. The van der Waals surface area contributed by atoms with Crippen LogP contribution >= 0.6 is 34.9 Å². The lowest BCUT2D eigenvalue weighted by Gasteiger charge is -2.28. The van der Waals surface area contributed by atoms with Crippen LogP contribution in [0.25, 0.3) is 0 Å². The van der Waals surface area contributed by atoms with E-state index in [-0.39, 0.29) is 0 Å². The number of rotatable bonds is 5. The van der Waals surface area contributed by atoms with Gasteiger partial charge in [-0.15, -0.1) is 23.1 Å². The molecule has 1 saturated heterocycles. The first kappa shape index (κ1) is 15.7. The van der Waals surface area contributed by atoms with Crippen molar-refractivity contribution in [2.45, 2.75) is 50.7 Å². The molecule has 2 rings (SSSR count). The van der Waals surface area contributed by atoms with E-state index < -0.39 is 0 Å². The molecule has 5 heteroatoms. The molecule has 1 aromatic rings. The van der Waals surface area contributed by atoms with Crippen molar-refractivity contribution >= 4 is 34.9 Å². The Morgan fingerprint density at radius 1 is 1.32 bits per heavy atom. The second-order valence-electron chi connectivity index (χ2n) is 5.33. The predicted molar refractivity (Wildman–Crippen MR) is 90.3 cm³/mol. The summed E-state index contributed by atoms with van der Waals surface area (Å²) in [6.45, 7) is 7.43. The number of hydrogen-bond donors (Lipinski definition) is 1. The fourth-order valence-electron chi connectivity index (χ4n) is 2.36. The van der Waals surface area contributed by atoms with Crippen LogP contribution in [0.4, 0.5) is 0 Å². The van der Waals surface area contributed by atoms with Crippen molar-refractivity contribution in [1.29, 1.82) is 0 Å². The maximum atomic E-state index is 5.89. The highest BCUT2D eigenvalue weighted by atomic mass is 32.2. The average Bonchev–Trinajstić information content (AvgIpc) is 2.80. The normalized spacial score (nSPS) is 24.1. The van der Waals surface area contributed by atoms with Crippen molar-refractivity contribution in [2.24, 2.45) is 11.7 Å². The summed E-state index contributed by atoms with van der Waals surface area (Å²) in [5.74, 6) is 3.19. The van der Waals surface area contributed by atoms with Crippen LogP contribution in [-0.4, -0.2) is 21.7 Å². The molecule has 0 saturated carbocycles. The van der Waals surface area contributed by atoms with E-state index in [0.29, 0.717) is 17.7 Å². The van der Waals surface area contributed by atoms with Crippen LogP contribution < -0.4 is 5.73 Å². The standard InChI is InChI=1S/C14H24N2S3/c1-4-11-13(18-6-5-17-11)14-16-10(7-9(2)3)12(8-15)19-14/h9,11,13H,4-8,15H2,1-3H3. The van der Waals surface area contributed by atoms with Gasteiger partial charge in [0, 0.05) is 28.2 Å². The van der Waals surface area contributed by atoms with Gasteiger partial charge in [0.15, 0.2) is 0 Å². The van der Waals surface area contributed by atoms with Gasteiger partial charge in [-0.2, -0.15) is 11.8 Å². The van der Waals surface area contributed by atoms with E-state index in [0.717, 1.165) is 11.7 Å². The molecule has 1 fully saturated rings. The van der Waals surface area contributed by atoms with E-state index in [9.17, 15) is 0 Å². The Morgan fingerprint density at radius 2 is 2.05 bits per heavy atom. The molecule has 2 N–H and O–H groups in total. The second kappa shape index (κ2) is 7.34. The summed E-state index contributed by atoms with van der Waals surface area (Å²) < 4.78 is 0. The van der Waals surface area contributed by atoms with E-state index in [1.165, 1.54) is 33.5 Å². The third-order valence-corrected chi connectivity index (χ3v) is 7.89. The van der Waals surface area contributed by atoms with Crippen molar-refractivity contribution in [3.8, 4) is 0 Å². The Morgan fingerprint density at radius 3 is 2.68 bits per heavy atom. The third-order valence-electron chi connectivity index (χ3n) is 3.28. The third kappa shape index (κ3) is 3.90. The molecule has 1 aliphatic heterocycles. The molecule has 0 spiro atoms. The highest BCUT2D eigenvalue weighted by molar-refractivity contribution is 8.06. The van der Waals surface area contributed by atoms with Gasteiger partial charge in [-0.3, -0.25) is 0 Å². The first-order chi connectivity index (χ1) is 9.15. The second-order valence-corrected chi connectivity index (χ2v) is 9.04. The zero-order chi connectivity index (χ0) is 13.8. The molecule has 2 atom stereocenters. The van der Waals surface area contributed by atoms with Gasteiger partial charge in [0.25, 0.3) is 0 Å². The molecule has 0 aromatic carbocycles. The van der Waals surface area contributed by atoms with Gasteiger partial charge >= 0.3 is 0 Å². The maximum absolute atomic E-state index is 5.89. The highest BCUT2D eigenvalue weighted by Gasteiger charge is 2.29. The summed E-state index contributed by atoms with van der Waals surface area (Å²) in [6.07, 6.45) is 2.30. The van der Waals surface area contributed by atoms with Gasteiger partial charge in [-0.1, -0.05) is 20.8 Å². The van der Waals surface area contributed by atoms with Crippen LogP contribution in [0.2, 0.25) is 0 Å². The number of thiazole rings is 1. The molecule has 0 amide bonds. The Kier molecular flexibility index (Phi) is 6.06. The van der Waals surface area contributed by atoms with Crippen molar-refractivity contribution < 1.29 is 0 Å². The molecule has 19 heavy (non-hydrogen) atoms. The molecular formula is C14H24N2S3. The van der Waals surface area contributed by atoms with E-state index in [4.69, 9.17) is 10.7 Å². The Labute approximate surface area is 129 Å². The summed E-state index contributed by atoms with van der Waals surface area (Å²) >= 11 is 6.06. The Hall–Kier alpha value is 0.290. The molecule has 2 nitrogen and oxygen atoms in total. The smallest absolute Gasteiger partial charge is 0.107 e. The molecule has 108 valence electrons.